The standard InChI is InChI=1S/C24H19FN2O4/c1-14-12-18(31-2)9-10-19(14)22(28)20-21(15-4-3-11-26-13-15)27(24(30)23(20)29)17-7-5-16(25)6-8-17/h3-13,21,28H,1-2H3/b22-20-. The molecule has 0 aliphatic carbocycles. The van der Waals surface area contributed by atoms with Crippen LogP contribution in [0.25, 0.3) is 5.76 Å². The average molecular weight is 418 g/mol. The number of anilines is 1. The van der Waals surface area contributed by atoms with Gasteiger partial charge >= 0.3 is 0 Å². The molecule has 1 unspecified atom stereocenters. The second-order valence-corrected chi connectivity index (χ2v) is 7.11. The first-order valence-electron chi connectivity index (χ1n) is 9.54. The lowest BCUT2D eigenvalue weighted by Gasteiger charge is -2.25. The van der Waals surface area contributed by atoms with Crippen molar-refractivity contribution < 1.29 is 23.8 Å². The lowest BCUT2D eigenvalue weighted by Crippen LogP contribution is -2.29. The fourth-order valence-electron chi connectivity index (χ4n) is 3.73. The molecule has 1 atom stereocenters. The molecular formula is C24H19FN2O4. The molecule has 7 heteroatoms. The van der Waals surface area contributed by atoms with Crippen molar-refractivity contribution in [2.75, 3.05) is 12.0 Å². The van der Waals surface area contributed by atoms with Gasteiger partial charge in [-0.05, 0) is 66.6 Å². The molecule has 31 heavy (non-hydrogen) atoms. The van der Waals surface area contributed by atoms with Crippen LogP contribution in [0.1, 0.15) is 22.7 Å². The Balaban J connectivity index is 1.93. The zero-order valence-corrected chi connectivity index (χ0v) is 16.9. The number of methoxy groups -OCH3 is 1. The summed E-state index contributed by atoms with van der Waals surface area (Å²) < 4.78 is 18.7. The summed E-state index contributed by atoms with van der Waals surface area (Å²) in [6.45, 7) is 1.77. The number of hydrogen-bond acceptors (Lipinski definition) is 5. The predicted octanol–water partition coefficient (Wildman–Crippen LogP) is 4.16. The Morgan fingerprint density at radius 3 is 2.48 bits per heavy atom. The number of benzene rings is 2. The van der Waals surface area contributed by atoms with Crippen LogP contribution in [0, 0.1) is 12.7 Å². The van der Waals surface area contributed by atoms with Gasteiger partial charge in [0.15, 0.2) is 0 Å². The van der Waals surface area contributed by atoms with Gasteiger partial charge in [-0.2, -0.15) is 0 Å². The van der Waals surface area contributed by atoms with Crippen molar-refractivity contribution in [3.05, 3.63) is 95.1 Å². The van der Waals surface area contributed by atoms with Crippen LogP contribution in [0.4, 0.5) is 10.1 Å². The average Bonchev–Trinajstić information content (AvgIpc) is 3.05. The molecule has 0 radical (unpaired) electrons. The van der Waals surface area contributed by atoms with E-state index in [1.165, 1.54) is 42.5 Å². The van der Waals surface area contributed by atoms with E-state index in [2.05, 4.69) is 4.98 Å². The highest BCUT2D eigenvalue weighted by Gasteiger charge is 2.47. The number of ketones is 1. The first kappa shape index (κ1) is 20.3. The highest BCUT2D eigenvalue weighted by atomic mass is 19.1. The van der Waals surface area contributed by atoms with Crippen molar-refractivity contribution in [1.29, 1.82) is 0 Å². The van der Waals surface area contributed by atoms with E-state index < -0.39 is 23.5 Å². The number of Topliss-reactive ketones (excluding diaryl/α,β-unsaturated/α-hetero) is 1. The van der Waals surface area contributed by atoms with Gasteiger partial charge in [0.25, 0.3) is 11.7 Å². The number of aromatic nitrogens is 1. The monoisotopic (exact) mass is 418 g/mol. The van der Waals surface area contributed by atoms with Gasteiger partial charge in [0, 0.05) is 23.6 Å². The second kappa shape index (κ2) is 8.02. The minimum absolute atomic E-state index is 0.0596. The van der Waals surface area contributed by atoms with Gasteiger partial charge in [-0.15, -0.1) is 0 Å². The van der Waals surface area contributed by atoms with Crippen LogP contribution in [0.5, 0.6) is 5.75 Å². The third kappa shape index (κ3) is 3.54. The van der Waals surface area contributed by atoms with E-state index in [1.54, 1.807) is 43.5 Å². The number of aliphatic hydroxyl groups is 1. The van der Waals surface area contributed by atoms with Crippen molar-refractivity contribution in [1.82, 2.24) is 4.98 Å². The number of rotatable bonds is 4. The molecule has 3 aromatic rings. The van der Waals surface area contributed by atoms with Crippen molar-refractivity contribution in [3.63, 3.8) is 0 Å². The first-order chi connectivity index (χ1) is 14.9. The number of halogens is 1. The Morgan fingerprint density at radius 1 is 1.13 bits per heavy atom. The van der Waals surface area contributed by atoms with E-state index in [-0.39, 0.29) is 11.3 Å². The van der Waals surface area contributed by atoms with Gasteiger partial charge in [0.1, 0.15) is 17.3 Å². The number of aliphatic hydroxyl groups excluding tert-OH is 1. The van der Waals surface area contributed by atoms with E-state index in [0.717, 1.165) is 0 Å². The lowest BCUT2D eigenvalue weighted by atomic mass is 9.94. The molecule has 1 amide bonds. The number of hydrogen-bond donors (Lipinski definition) is 1. The molecule has 1 saturated heterocycles. The molecular weight excluding hydrogens is 399 g/mol. The second-order valence-electron chi connectivity index (χ2n) is 7.11. The molecule has 1 aliphatic rings. The third-order valence-corrected chi connectivity index (χ3v) is 5.24. The van der Waals surface area contributed by atoms with Crippen molar-refractivity contribution in [3.8, 4) is 5.75 Å². The van der Waals surface area contributed by atoms with E-state index in [1.807, 2.05) is 0 Å². The Kier molecular flexibility index (Phi) is 5.25. The molecule has 2 heterocycles. The maximum atomic E-state index is 13.5. The minimum atomic E-state index is -0.916. The van der Waals surface area contributed by atoms with Gasteiger partial charge in [-0.1, -0.05) is 6.07 Å². The Bertz CT molecular complexity index is 1190. The van der Waals surface area contributed by atoms with Gasteiger partial charge in [-0.25, -0.2) is 4.39 Å². The van der Waals surface area contributed by atoms with E-state index in [9.17, 15) is 19.1 Å². The zero-order valence-electron chi connectivity index (χ0n) is 16.9. The first-order valence-corrected chi connectivity index (χ1v) is 9.54. The van der Waals surface area contributed by atoms with Crippen LogP contribution >= 0.6 is 0 Å². The van der Waals surface area contributed by atoms with Crippen LogP contribution in [0.2, 0.25) is 0 Å². The van der Waals surface area contributed by atoms with Gasteiger partial charge in [0.2, 0.25) is 0 Å². The Labute approximate surface area is 178 Å². The van der Waals surface area contributed by atoms with E-state index in [0.29, 0.717) is 28.1 Å². The van der Waals surface area contributed by atoms with Crippen LogP contribution in [-0.4, -0.2) is 28.9 Å². The maximum Gasteiger partial charge on any atom is 0.300 e. The summed E-state index contributed by atoms with van der Waals surface area (Å²) >= 11 is 0. The smallest absolute Gasteiger partial charge is 0.300 e. The molecule has 1 aromatic heterocycles. The van der Waals surface area contributed by atoms with Crippen molar-refractivity contribution >= 4 is 23.1 Å². The lowest BCUT2D eigenvalue weighted by molar-refractivity contribution is -0.132. The summed E-state index contributed by atoms with van der Waals surface area (Å²) in [5, 5.41) is 11.2. The summed E-state index contributed by atoms with van der Waals surface area (Å²) in [6.07, 6.45) is 3.10. The van der Waals surface area contributed by atoms with Gasteiger partial charge in [-0.3, -0.25) is 19.5 Å². The number of amides is 1. The molecule has 1 aliphatic heterocycles. The summed E-state index contributed by atoms with van der Waals surface area (Å²) in [4.78, 5) is 31.4. The molecule has 6 nitrogen and oxygen atoms in total. The van der Waals surface area contributed by atoms with Crippen LogP contribution < -0.4 is 9.64 Å². The molecule has 1 fully saturated rings. The largest absolute Gasteiger partial charge is 0.507 e. The van der Waals surface area contributed by atoms with Gasteiger partial charge < -0.3 is 9.84 Å². The predicted molar refractivity (Wildman–Crippen MR) is 113 cm³/mol. The molecule has 2 aromatic carbocycles. The van der Waals surface area contributed by atoms with Crippen molar-refractivity contribution in [2.45, 2.75) is 13.0 Å². The Morgan fingerprint density at radius 2 is 1.87 bits per heavy atom. The zero-order chi connectivity index (χ0) is 22.1. The quantitative estimate of drug-likeness (QED) is 0.391. The van der Waals surface area contributed by atoms with Crippen LogP contribution in [0.15, 0.2) is 72.6 Å². The highest BCUT2D eigenvalue weighted by molar-refractivity contribution is 6.51. The molecule has 0 spiro atoms. The molecule has 156 valence electrons. The van der Waals surface area contributed by atoms with E-state index >= 15 is 0 Å². The number of pyridine rings is 1. The topological polar surface area (TPSA) is 79.7 Å². The number of ether oxygens (including phenoxy) is 1. The molecule has 4 rings (SSSR count). The van der Waals surface area contributed by atoms with E-state index in [4.69, 9.17) is 4.74 Å². The Hall–Kier alpha value is -4.00. The normalized spacial score (nSPS) is 17.8. The molecule has 1 N–H and O–H groups in total. The minimum Gasteiger partial charge on any atom is -0.507 e. The van der Waals surface area contributed by atoms with Crippen LogP contribution in [0.3, 0.4) is 0 Å². The summed E-state index contributed by atoms with van der Waals surface area (Å²) in [7, 11) is 1.53. The SMILES string of the molecule is COc1ccc(/C(O)=C2/C(=O)C(=O)N(c3ccc(F)cc3)C2c2cccnc2)c(C)c1. The number of carbonyl (C=O) groups is 2. The maximum absolute atomic E-state index is 13.5. The summed E-state index contributed by atoms with van der Waals surface area (Å²) in [5.74, 6) is -1.80. The highest BCUT2D eigenvalue weighted by Crippen LogP contribution is 2.42. The number of nitrogens with zero attached hydrogens (tertiary/aromatic N) is 2. The fraction of sp³-hybridized carbons (Fsp3) is 0.125. The summed E-state index contributed by atoms with van der Waals surface area (Å²) in [6, 6.07) is 12.8. The number of carbonyl (C=O) groups excluding carboxylic acids is 2. The van der Waals surface area contributed by atoms with Crippen molar-refractivity contribution in [2.24, 2.45) is 0 Å². The number of aryl methyl sites for hydroxylation is 1. The summed E-state index contributed by atoms with van der Waals surface area (Å²) in [5.41, 5.74) is 1.90. The molecule has 0 bridgehead atoms. The van der Waals surface area contributed by atoms with Crippen LogP contribution in [-0.2, 0) is 9.59 Å². The molecule has 0 saturated carbocycles. The fourth-order valence-corrected chi connectivity index (χ4v) is 3.73. The van der Waals surface area contributed by atoms with Gasteiger partial charge in [0.05, 0.1) is 18.7 Å². The third-order valence-electron chi connectivity index (χ3n) is 5.24.